The summed E-state index contributed by atoms with van der Waals surface area (Å²) in [4.78, 5) is 11.9. The molecule has 8 heteroatoms. The maximum atomic E-state index is 12.1. The van der Waals surface area contributed by atoms with Crippen LogP contribution in [-0.4, -0.2) is 18.3 Å². The largest absolute Gasteiger partial charge is 0.573 e. The smallest absolute Gasteiger partial charge is 0.406 e. The quantitative estimate of drug-likeness (QED) is 0.898. The minimum Gasteiger partial charge on any atom is -0.406 e. The van der Waals surface area contributed by atoms with Gasteiger partial charge in [0.15, 0.2) is 0 Å². The van der Waals surface area contributed by atoms with Crippen molar-refractivity contribution in [3.05, 3.63) is 24.3 Å². The van der Waals surface area contributed by atoms with Gasteiger partial charge < -0.3 is 15.8 Å². The summed E-state index contributed by atoms with van der Waals surface area (Å²) < 4.78 is 40.1. The van der Waals surface area contributed by atoms with E-state index in [4.69, 9.17) is 5.73 Å². The van der Waals surface area contributed by atoms with Crippen LogP contribution in [0, 0.1) is 5.92 Å². The van der Waals surface area contributed by atoms with Gasteiger partial charge in [0.05, 0.1) is 0 Å². The SMILES string of the molecule is Cl.NC1CCC(C(=O)Nc2cccc(OC(F)(F)F)c2)C1. The van der Waals surface area contributed by atoms with Crippen molar-refractivity contribution in [1.82, 2.24) is 0 Å². The Morgan fingerprint density at radius 3 is 2.62 bits per heavy atom. The highest BCUT2D eigenvalue weighted by Crippen LogP contribution is 2.28. The summed E-state index contributed by atoms with van der Waals surface area (Å²) >= 11 is 0. The fraction of sp³-hybridized carbons (Fsp3) is 0.462. The molecule has 2 rings (SSSR count). The molecule has 1 fully saturated rings. The average Bonchev–Trinajstić information content (AvgIpc) is 2.74. The second-order valence-electron chi connectivity index (χ2n) is 4.83. The number of rotatable bonds is 3. The zero-order chi connectivity index (χ0) is 14.8. The molecule has 0 aliphatic heterocycles. The maximum absolute atomic E-state index is 12.1. The summed E-state index contributed by atoms with van der Waals surface area (Å²) in [6.45, 7) is 0. The fourth-order valence-corrected chi connectivity index (χ4v) is 2.27. The van der Waals surface area contributed by atoms with Crippen LogP contribution in [0.3, 0.4) is 0 Å². The van der Waals surface area contributed by atoms with Crippen LogP contribution in [0.5, 0.6) is 5.75 Å². The van der Waals surface area contributed by atoms with Gasteiger partial charge in [-0.3, -0.25) is 4.79 Å². The van der Waals surface area contributed by atoms with Crippen LogP contribution in [0.15, 0.2) is 24.3 Å². The Balaban J connectivity index is 0.00000220. The van der Waals surface area contributed by atoms with E-state index in [1.54, 1.807) is 0 Å². The number of nitrogens with one attached hydrogen (secondary N) is 1. The third-order valence-corrected chi connectivity index (χ3v) is 3.18. The number of hydrogen-bond donors (Lipinski definition) is 2. The first kappa shape index (κ1) is 17.6. The number of carbonyl (C=O) groups excluding carboxylic acids is 1. The molecular formula is C13H16ClF3N2O2. The van der Waals surface area contributed by atoms with Gasteiger partial charge in [-0.1, -0.05) is 6.07 Å². The number of benzene rings is 1. The Hall–Kier alpha value is -1.47. The van der Waals surface area contributed by atoms with E-state index in [-0.39, 0.29) is 41.7 Å². The fourth-order valence-electron chi connectivity index (χ4n) is 2.27. The summed E-state index contributed by atoms with van der Waals surface area (Å²) in [5, 5.41) is 2.59. The summed E-state index contributed by atoms with van der Waals surface area (Å²) in [7, 11) is 0. The molecule has 0 saturated heterocycles. The topological polar surface area (TPSA) is 64.4 Å². The summed E-state index contributed by atoms with van der Waals surface area (Å²) in [5.41, 5.74) is 6.00. The molecule has 1 saturated carbocycles. The van der Waals surface area contributed by atoms with Gasteiger partial charge in [-0.05, 0) is 31.4 Å². The summed E-state index contributed by atoms with van der Waals surface area (Å²) in [5.74, 6) is -0.766. The molecule has 0 radical (unpaired) electrons. The summed E-state index contributed by atoms with van der Waals surface area (Å²) in [6.07, 6.45) is -2.66. The standard InChI is InChI=1S/C13H15F3N2O2.ClH/c14-13(15,16)20-11-3-1-2-10(7-11)18-12(19)8-4-5-9(17)6-8;/h1-3,7-9H,4-6,17H2,(H,18,19);1H. The second kappa shape index (κ2) is 7.00. The van der Waals surface area contributed by atoms with Crippen molar-refractivity contribution in [2.75, 3.05) is 5.32 Å². The van der Waals surface area contributed by atoms with Gasteiger partial charge in [-0.25, -0.2) is 0 Å². The Labute approximate surface area is 126 Å². The molecule has 0 aromatic heterocycles. The van der Waals surface area contributed by atoms with Crippen LogP contribution in [0.1, 0.15) is 19.3 Å². The van der Waals surface area contributed by atoms with E-state index in [1.165, 1.54) is 18.2 Å². The molecule has 2 atom stereocenters. The molecule has 118 valence electrons. The highest BCUT2D eigenvalue weighted by atomic mass is 35.5. The van der Waals surface area contributed by atoms with E-state index in [0.29, 0.717) is 12.8 Å². The van der Waals surface area contributed by atoms with Crippen molar-refractivity contribution >= 4 is 24.0 Å². The van der Waals surface area contributed by atoms with Crippen molar-refractivity contribution in [2.45, 2.75) is 31.7 Å². The number of amides is 1. The Bertz CT molecular complexity index is 497. The van der Waals surface area contributed by atoms with Gasteiger partial charge in [0.2, 0.25) is 5.91 Å². The van der Waals surface area contributed by atoms with Crippen LogP contribution in [0.25, 0.3) is 0 Å². The first-order valence-electron chi connectivity index (χ1n) is 6.26. The monoisotopic (exact) mass is 324 g/mol. The third kappa shape index (κ3) is 5.43. The van der Waals surface area contributed by atoms with Crippen molar-refractivity contribution in [3.63, 3.8) is 0 Å². The number of carbonyl (C=O) groups is 1. The van der Waals surface area contributed by atoms with Crippen molar-refractivity contribution in [2.24, 2.45) is 11.7 Å². The van der Waals surface area contributed by atoms with E-state index in [0.717, 1.165) is 12.5 Å². The van der Waals surface area contributed by atoms with E-state index in [1.807, 2.05) is 0 Å². The summed E-state index contributed by atoms with van der Waals surface area (Å²) in [6, 6.07) is 5.23. The zero-order valence-electron chi connectivity index (χ0n) is 11.0. The van der Waals surface area contributed by atoms with E-state index in [9.17, 15) is 18.0 Å². The van der Waals surface area contributed by atoms with Crippen LogP contribution in [0.4, 0.5) is 18.9 Å². The molecule has 3 N–H and O–H groups in total. The zero-order valence-corrected chi connectivity index (χ0v) is 11.8. The lowest BCUT2D eigenvalue weighted by Gasteiger charge is -2.13. The predicted molar refractivity (Wildman–Crippen MR) is 74.3 cm³/mol. The molecule has 0 spiro atoms. The van der Waals surface area contributed by atoms with Crippen LogP contribution >= 0.6 is 12.4 Å². The van der Waals surface area contributed by atoms with Crippen molar-refractivity contribution in [1.29, 1.82) is 0 Å². The van der Waals surface area contributed by atoms with Gasteiger partial charge in [-0.15, -0.1) is 25.6 Å². The van der Waals surface area contributed by atoms with Gasteiger partial charge in [0.25, 0.3) is 0 Å². The minimum absolute atomic E-state index is 0. The van der Waals surface area contributed by atoms with E-state index < -0.39 is 6.36 Å². The average molecular weight is 325 g/mol. The molecule has 1 amide bonds. The second-order valence-corrected chi connectivity index (χ2v) is 4.83. The van der Waals surface area contributed by atoms with Gasteiger partial charge in [-0.2, -0.15) is 0 Å². The molecule has 2 unspecified atom stereocenters. The molecule has 1 aliphatic carbocycles. The van der Waals surface area contributed by atoms with Gasteiger partial charge in [0.1, 0.15) is 5.75 Å². The molecule has 21 heavy (non-hydrogen) atoms. The molecular weight excluding hydrogens is 309 g/mol. The number of ether oxygens (including phenoxy) is 1. The van der Waals surface area contributed by atoms with Crippen LogP contribution < -0.4 is 15.8 Å². The Kier molecular flexibility index (Phi) is 5.86. The highest BCUT2D eigenvalue weighted by molar-refractivity contribution is 5.92. The number of anilines is 1. The highest BCUT2D eigenvalue weighted by Gasteiger charge is 2.31. The number of halogens is 4. The number of nitrogens with two attached hydrogens (primary N) is 1. The van der Waals surface area contributed by atoms with Gasteiger partial charge >= 0.3 is 6.36 Å². The van der Waals surface area contributed by atoms with Crippen LogP contribution in [-0.2, 0) is 4.79 Å². The van der Waals surface area contributed by atoms with E-state index >= 15 is 0 Å². The van der Waals surface area contributed by atoms with Crippen LogP contribution in [0.2, 0.25) is 0 Å². The number of alkyl halides is 3. The Morgan fingerprint density at radius 2 is 2.05 bits per heavy atom. The Morgan fingerprint density at radius 1 is 1.33 bits per heavy atom. The van der Waals surface area contributed by atoms with Gasteiger partial charge in [0, 0.05) is 23.7 Å². The van der Waals surface area contributed by atoms with Crippen molar-refractivity contribution < 1.29 is 22.7 Å². The normalized spacial score (nSPS) is 21.5. The molecule has 0 heterocycles. The first-order valence-corrected chi connectivity index (χ1v) is 6.26. The first-order chi connectivity index (χ1) is 9.33. The lowest BCUT2D eigenvalue weighted by molar-refractivity contribution is -0.274. The minimum atomic E-state index is -4.75. The third-order valence-electron chi connectivity index (χ3n) is 3.18. The molecule has 0 bridgehead atoms. The lowest BCUT2D eigenvalue weighted by Crippen LogP contribution is -2.23. The predicted octanol–water partition coefficient (Wildman–Crippen LogP) is 3.07. The maximum Gasteiger partial charge on any atom is 0.573 e. The number of hydrogen-bond acceptors (Lipinski definition) is 3. The molecule has 1 aromatic carbocycles. The lowest BCUT2D eigenvalue weighted by atomic mass is 10.1. The molecule has 1 aliphatic rings. The molecule has 1 aromatic rings. The van der Waals surface area contributed by atoms with Crippen molar-refractivity contribution in [3.8, 4) is 5.75 Å². The van der Waals surface area contributed by atoms with E-state index in [2.05, 4.69) is 10.1 Å². The molecule has 4 nitrogen and oxygen atoms in total.